The minimum Gasteiger partial charge on any atom is -0.481 e. The van der Waals surface area contributed by atoms with Crippen molar-refractivity contribution in [1.29, 1.82) is 0 Å². The molecule has 0 aromatic carbocycles. The number of rotatable bonds is 6. The standard InChI is InChI=1S/C17H23F2N3O3/c1-24-16-10(9-21-15(23)13-5-3-7-20-13)8-12(19)17(22-16)25-14-6-2-4-11(14)18/h8,11,13-14,20H,2-7,9H2,1H3,(H,21,23). The SMILES string of the molecule is COc1nc(OC2CCCC2F)c(F)cc1CNC(=O)C1CCCN1. The van der Waals surface area contributed by atoms with Crippen LogP contribution in [0.15, 0.2) is 6.07 Å². The molecule has 3 unspecified atom stereocenters. The number of carbonyl (C=O) groups excluding carboxylic acids is 1. The fourth-order valence-electron chi connectivity index (χ4n) is 3.25. The van der Waals surface area contributed by atoms with Crippen molar-refractivity contribution in [3.05, 3.63) is 17.4 Å². The minimum atomic E-state index is -1.11. The van der Waals surface area contributed by atoms with Gasteiger partial charge in [-0.15, -0.1) is 0 Å². The van der Waals surface area contributed by atoms with Gasteiger partial charge in [-0.1, -0.05) is 0 Å². The van der Waals surface area contributed by atoms with E-state index in [4.69, 9.17) is 9.47 Å². The van der Waals surface area contributed by atoms with Crippen LogP contribution in [0, 0.1) is 5.82 Å². The van der Waals surface area contributed by atoms with Crippen LogP contribution in [-0.4, -0.2) is 42.9 Å². The normalized spacial score (nSPS) is 25.8. The summed E-state index contributed by atoms with van der Waals surface area (Å²) >= 11 is 0. The number of carbonyl (C=O) groups is 1. The van der Waals surface area contributed by atoms with Crippen LogP contribution < -0.4 is 20.1 Å². The number of methoxy groups -OCH3 is 1. The summed E-state index contributed by atoms with van der Waals surface area (Å²) in [4.78, 5) is 16.1. The van der Waals surface area contributed by atoms with Crippen molar-refractivity contribution in [3.8, 4) is 11.8 Å². The van der Waals surface area contributed by atoms with Gasteiger partial charge in [-0.2, -0.15) is 4.98 Å². The van der Waals surface area contributed by atoms with Crippen LogP contribution in [0.4, 0.5) is 8.78 Å². The summed E-state index contributed by atoms with van der Waals surface area (Å²) in [6, 6.07) is 1.00. The van der Waals surface area contributed by atoms with E-state index in [1.165, 1.54) is 13.2 Å². The number of ether oxygens (including phenoxy) is 2. The lowest BCUT2D eigenvalue weighted by atomic mass is 10.2. The van der Waals surface area contributed by atoms with Gasteiger partial charge < -0.3 is 20.1 Å². The van der Waals surface area contributed by atoms with Gasteiger partial charge >= 0.3 is 0 Å². The lowest BCUT2D eigenvalue weighted by molar-refractivity contribution is -0.122. The molecule has 2 aliphatic rings. The zero-order valence-corrected chi connectivity index (χ0v) is 14.2. The van der Waals surface area contributed by atoms with Crippen LogP contribution in [0.25, 0.3) is 0 Å². The van der Waals surface area contributed by atoms with E-state index in [2.05, 4.69) is 15.6 Å². The number of aromatic nitrogens is 1. The van der Waals surface area contributed by atoms with E-state index in [0.717, 1.165) is 19.4 Å². The van der Waals surface area contributed by atoms with Crippen molar-refractivity contribution >= 4 is 5.91 Å². The summed E-state index contributed by atoms with van der Waals surface area (Å²) < 4.78 is 38.5. The molecule has 1 aliphatic carbocycles. The molecule has 3 rings (SSSR count). The maximum Gasteiger partial charge on any atom is 0.254 e. The predicted octanol–water partition coefficient (Wildman–Crippen LogP) is 1.87. The highest BCUT2D eigenvalue weighted by molar-refractivity contribution is 5.82. The summed E-state index contributed by atoms with van der Waals surface area (Å²) in [5, 5.41) is 5.85. The van der Waals surface area contributed by atoms with Gasteiger partial charge in [0.2, 0.25) is 11.8 Å². The topological polar surface area (TPSA) is 72.5 Å². The van der Waals surface area contributed by atoms with Crippen molar-refractivity contribution in [2.75, 3.05) is 13.7 Å². The third-order valence-corrected chi connectivity index (χ3v) is 4.64. The fraction of sp³-hybridized carbons (Fsp3) is 0.647. The van der Waals surface area contributed by atoms with E-state index in [1.807, 2.05) is 0 Å². The quantitative estimate of drug-likeness (QED) is 0.815. The maximum atomic E-state index is 14.3. The molecule has 1 aromatic heterocycles. The Kier molecular flexibility index (Phi) is 5.67. The summed E-state index contributed by atoms with van der Waals surface area (Å²) in [5.74, 6) is -0.932. The molecular weight excluding hydrogens is 332 g/mol. The third kappa shape index (κ3) is 4.18. The molecule has 2 heterocycles. The van der Waals surface area contributed by atoms with E-state index < -0.39 is 18.1 Å². The van der Waals surface area contributed by atoms with Gasteiger partial charge in [0.25, 0.3) is 5.88 Å². The second-order valence-electron chi connectivity index (χ2n) is 6.41. The molecule has 2 N–H and O–H groups in total. The van der Waals surface area contributed by atoms with Crippen molar-refractivity contribution in [2.24, 2.45) is 0 Å². The molecule has 25 heavy (non-hydrogen) atoms. The maximum absolute atomic E-state index is 14.3. The highest BCUT2D eigenvalue weighted by Crippen LogP contribution is 2.30. The van der Waals surface area contributed by atoms with Crippen LogP contribution in [0.3, 0.4) is 0 Å². The Morgan fingerprint density at radius 2 is 2.20 bits per heavy atom. The number of halogens is 2. The Labute approximate surface area is 145 Å². The number of pyridine rings is 1. The van der Waals surface area contributed by atoms with Crippen molar-refractivity contribution in [3.63, 3.8) is 0 Å². The first-order valence-electron chi connectivity index (χ1n) is 8.63. The molecule has 1 aliphatic heterocycles. The molecule has 1 aromatic rings. The number of hydrogen-bond acceptors (Lipinski definition) is 5. The Bertz CT molecular complexity index is 623. The molecule has 0 radical (unpaired) electrons. The average molecular weight is 355 g/mol. The van der Waals surface area contributed by atoms with Crippen LogP contribution in [-0.2, 0) is 11.3 Å². The third-order valence-electron chi connectivity index (χ3n) is 4.64. The summed E-state index contributed by atoms with van der Waals surface area (Å²) in [6.07, 6.45) is 1.63. The molecule has 138 valence electrons. The molecule has 0 spiro atoms. The van der Waals surface area contributed by atoms with Gasteiger partial charge in [0.15, 0.2) is 5.82 Å². The molecule has 3 atom stereocenters. The van der Waals surface area contributed by atoms with Gasteiger partial charge in [-0.25, -0.2) is 8.78 Å². The van der Waals surface area contributed by atoms with E-state index in [0.29, 0.717) is 24.8 Å². The first kappa shape index (κ1) is 17.8. The zero-order valence-electron chi connectivity index (χ0n) is 14.2. The lowest BCUT2D eigenvalue weighted by Gasteiger charge is -2.17. The first-order valence-corrected chi connectivity index (χ1v) is 8.63. The van der Waals surface area contributed by atoms with Gasteiger partial charge in [-0.05, 0) is 44.7 Å². The summed E-state index contributed by atoms with van der Waals surface area (Å²) in [7, 11) is 1.40. The van der Waals surface area contributed by atoms with E-state index in [9.17, 15) is 13.6 Å². The molecule has 0 bridgehead atoms. The highest BCUT2D eigenvalue weighted by Gasteiger charge is 2.30. The number of alkyl halides is 1. The molecule has 6 nitrogen and oxygen atoms in total. The second-order valence-corrected chi connectivity index (χ2v) is 6.41. The number of hydrogen-bond donors (Lipinski definition) is 2. The molecule has 1 saturated heterocycles. The number of amides is 1. The van der Waals surface area contributed by atoms with Crippen molar-refractivity contribution < 1.29 is 23.0 Å². The Morgan fingerprint density at radius 3 is 2.84 bits per heavy atom. The monoisotopic (exact) mass is 355 g/mol. The average Bonchev–Trinajstić information content (AvgIpc) is 3.27. The minimum absolute atomic E-state index is 0.0968. The predicted molar refractivity (Wildman–Crippen MR) is 86.8 cm³/mol. The van der Waals surface area contributed by atoms with Gasteiger partial charge in [0.1, 0.15) is 12.3 Å². The summed E-state index contributed by atoms with van der Waals surface area (Å²) in [5.41, 5.74) is 0.405. The Balaban J connectivity index is 1.67. The highest BCUT2D eigenvalue weighted by atomic mass is 19.1. The van der Waals surface area contributed by atoms with Crippen LogP contribution in [0.1, 0.15) is 37.7 Å². The molecular formula is C17H23F2N3O3. The molecule has 1 saturated carbocycles. The van der Waals surface area contributed by atoms with Crippen LogP contribution in [0.2, 0.25) is 0 Å². The molecule has 2 fully saturated rings. The van der Waals surface area contributed by atoms with Gasteiger partial charge in [0.05, 0.1) is 13.2 Å². The fourth-order valence-corrected chi connectivity index (χ4v) is 3.25. The number of nitrogens with one attached hydrogen (secondary N) is 2. The van der Waals surface area contributed by atoms with E-state index >= 15 is 0 Å². The van der Waals surface area contributed by atoms with E-state index in [1.54, 1.807) is 0 Å². The van der Waals surface area contributed by atoms with Crippen molar-refractivity contribution in [1.82, 2.24) is 15.6 Å². The van der Waals surface area contributed by atoms with Crippen LogP contribution in [0.5, 0.6) is 11.8 Å². The smallest absolute Gasteiger partial charge is 0.254 e. The lowest BCUT2D eigenvalue weighted by Crippen LogP contribution is -2.40. The second kappa shape index (κ2) is 7.95. The first-order chi connectivity index (χ1) is 12.1. The van der Waals surface area contributed by atoms with Crippen LogP contribution >= 0.6 is 0 Å². The molecule has 8 heteroatoms. The van der Waals surface area contributed by atoms with Gasteiger partial charge in [-0.3, -0.25) is 4.79 Å². The van der Waals surface area contributed by atoms with Crippen molar-refractivity contribution in [2.45, 2.75) is 57.0 Å². The molecule has 1 amide bonds. The van der Waals surface area contributed by atoms with Gasteiger partial charge in [0, 0.05) is 12.1 Å². The summed E-state index contributed by atoms with van der Waals surface area (Å²) in [6.45, 7) is 0.917. The zero-order chi connectivity index (χ0) is 17.8. The Hall–Kier alpha value is -1.96. The number of nitrogens with zero attached hydrogens (tertiary/aromatic N) is 1. The Morgan fingerprint density at radius 1 is 1.36 bits per heavy atom. The largest absolute Gasteiger partial charge is 0.481 e. The van der Waals surface area contributed by atoms with E-state index in [-0.39, 0.29) is 30.3 Å².